The van der Waals surface area contributed by atoms with E-state index < -0.39 is 0 Å². The zero-order valence-corrected chi connectivity index (χ0v) is 19.3. The molecule has 0 radical (unpaired) electrons. The molecule has 1 unspecified atom stereocenters. The van der Waals surface area contributed by atoms with Crippen LogP contribution in [0.5, 0.6) is 0 Å². The topological polar surface area (TPSA) is 31.9 Å². The van der Waals surface area contributed by atoms with E-state index in [4.69, 9.17) is 0 Å². The van der Waals surface area contributed by atoms with Gasteiger partial charge in [0, 0.05) is 29.9 Å². The van der Waals surface area contributed by atoms with E-state index in [2.05, 4.69) is 47.4 Å². The first-order valence-electron chi connectivity index (χ1n) is 11.9. The highest BCUT2D eigenvalue weighted by molar-refractivity contribution is 5.99. The molecule has 1 atom stereocenters. The van der Waals surface area contributed by atoms with Crippen molar-refractivity contribution in [1.82, 2.24) is 14.9 Å². The van der Waals surface area contributed by atoms with Crippen LogP contribution in [-0.4, -0.2) is 21.4 Å². The van der Waals surface area contributed by atoms with E-state index in [1.807, 2.05) is 30.7 Å². The van der Waals surface area contributed by atoms with Crippen LogP contribution in [0.1, 0.15) is 63.5 Å². The van der Waals surface area contributed by atoms with Gasteiger partial charge in [-0.2, -0.15) is 0 Å². The van der Waals surface area contributed by atoms with Crippen molar-refractivity contribution in [1.29, 1.82) is 0 Å². The average molecular weight is 432 g/mol. The number of aromatic nitrogens is 2. The Bertz CT molecular complexity index is 1070. The van der Waals surface area contributed by atoms with Crippen LogP contribution in [0.25, 0.3) is 22.3 Å². The Balaban J connectivity index is 1.94. The van der Waals surface area contributed by atoms with Crippen molar-refractivity contribution in [2.75, 3.05) is 6.54 Å². The molecule has 1 aromatic carbocycles. The van der Waals surface area contributed by atoms with Crippen molar-refractivity contribution in [2.45, 2.75) is 52.4 Å². The molecule has 1 saturated carbocycles. The predicted molar refractivity (Wildman–Crippen MR) is 132 cm³/mol. The van der Waals surface area contributed by atoms with Crippen LogP contribution < -0.4 is 0 Å². The highest BCUT2D eigenvalue weighted by atomic mass is 19.1. The second-order valence-corrected chi connectivity index (χ2v) is 9.02. The Labute approximate surface area is 191 Å². The van der Waals surface area contributed by atoms with E-state index in [0.717, 1.165) is 35.1 Å². The van der Waals surface area contributed by atoms with Gasteiger partial charge in [-0.25, -0.2) is 9.37 Å². The van der Waals surface area contributed by atoms with Crippen molar-refractivity contribution in [3.8, 4) is 0 Å². The number of pyridine rings is 1. The van der Waals surface area contributed by atoms with Crippen molar-refractivity contribution in [3.63, 3.8) is 0 Å². The third-order valence-corrected chi connectivity index (χ3v) is 6.92. The molecule has 4 rings (SSSR count). The van der Waals surface area contributed by atoms with Gasteiger partial charge in [-0.1, -0.05) is 51.8 Å². The number of H-pyrrole nitrogens is 1. The van der Waals surface area contributed by atoms with E-state index in [1.165, 1.54) is 43.4 Å². The zero-order valence-electron chi connectivity index (χ0n) is 19.3. The molecular weight excluding hydrogens is 397 g/mol. The second kappa shape index (κ2) is 10.2. The summed E-state index contributed by atoms with van der Waals surface area (Å²) < 4.78 is 13.8. The van der Waals surface area contributed by atoms with E-state index in [9.17, 15) is 4.39 Å². The lowest BCUT2D eigenvalue weighted by atomic mass is 9.85. The maximum absolute atomic E-state index is 13.8. The van der Waals surface area contributed by atoms with Crippen LogP contribution in [-0.2, 0) is 0 Å². The van der Waals surface area contributed by atoms with Crippen LogP contribution in [0, 0.1) is 17.7 Å². The van der Waals surface area contributed by atoms with Gasteiger partial charge in [0.25, 0.3) is 0 Å². The maximum atomic E-state index is 13.8. The summed E-state index contributed by atoms with van der Waals surface area (Å²) in [6.07, 6.45) is 13.3. The van der Waals surface area contributed by atoms with Crippen LogP contribution in [0.2, 0.25) is 0 Å². The van der Waals surface area contributed by atoms with E-state index >= 15 is 0 Å². The molecule has 0 amide bonds. The molecule has 1 fully saturated rings. The molecule has 0 aliphatic heterocycles. The fourth-order valence-electron chi connectivity index (χ4n) is 5.02. The highest BCUT2D eigenvalue weighted by Gasteiger charge is 2.25. The van der Waals surface area contributed by atoms with Crippen molar-refractivity contribution in [3.05, 3.63) is 78.5 Å². The van der Waals surface area contributed by atoms with Crippen LogP contribution in [0.3, 0.4) is 0 Å². The molecule has 1 aliphatic carbocycles. The number of benzene rings is 1. The molecule has 1 N–H and O–H groups in total. The second-order valence-electron chi connectivity index (χ2n) is 9.02. The number of fused-ring (bicyclic) bond motifs is 1. The fraction of sp³-hybridized carbons (Fsp3) is 0.393. The fourth-order valence-corrected chi connectivity index (χ4v) is 5.02. The minimum absolute atomic E-state index is 0.210. The van der Waals surface area contributed by atoms with Crippen molar-refractivity contribution >= 4 is 22.3 Å². The van der Waals surface area contributed by atoms with Gasteiger partial charge < -0.3 is 9.88 Å². The summed E-state index contributed by atoms with van der Waals surface area (Å²) in [6, 6.07) is 11.1. The van der Waals surface area contributed by atoms with E-state index in [1.54, 1.807) is 12.1 Å². The number of nitrogens with zero attached hydrogens (tertiary/aromatic N) is 2. The average Bonchev–Trinajstić information content (AvgIpc) is 3.32. The molecule has 3 aromatic rings. The Kier molecular flexibility index (Phi) is 7.09. The number of nitrogens with one attached hydrogen (secondary N) is 1. The SMILES string of the molecule is C=CN(CC1CCCCC1)/C(=C(/c1ccc(F)cc1)C(C)CC)c1ccnc2[nH]ccc12. The van der Waals surface area contributed by atoms with Gasteiger partial charge in [0.15, 0.2) is 0 Å². The van der Waals surface area contributed by atoms with Gasteiger partial charge in [0.1, 0.15) is 11.5 Å². The molecule has 2 heterocycles. The molecule has 4 heteroatoms. The molecule has 0 spiro atoms. The molecule has 3 nitrogen and oxygen atoms in total. The van der Waals surface area contributed by atoms with E-state index in [0.29, 0.717) is 11.8 Å². The van der Waals surface area contributed by atoms with Crippen LogP contribution >= 0.6 is 0 Å². The third-order valence-electron chi connectivity index (χ3n) is 6.92. The first kappa shape index (κ1) is 22.3. The lowest BCUT2D eigenvalue weighted by Crippen LogP contribution is -2.26. The number of halogens is 1. The first-order valence-corrected chi connectivity index (χ1v) is 11.9. The molecule has 2 aromatic heterocycles. The Morgan fingerprint density at radius 1 is 1.19 bits per heavy atom. The quantitative estimate of drug-likeness (QED) is 0.397. The molecule has 168 valence electrons. The number of hydrogen-bond acceptors (Lipinski definition) is 2. The lowest BCUT2D eigenvalue weighted by Gasteiger charge is -2.34. The van der Waals surface area contributed by atoms with Gasteiger partial charge in [-0.3, -0.25) is 0 Å². The Morgan fingerprint density at radius 3 is 2.62 bits per heavy atom. The smallest absolute Gasteiger partial charge is 0.137 e. The van der Waals surface area contributed by atoms with Crippen molar-refractivity contribution < 1.29 is 4.39 Å². The van der Waals surface area contributed by atoms with E-state index in [-0.39, 0.29) is 5.82 Å². The molecular formula is C28H34FN3. The predicted octanol–water partition coefficient (Wildman–Crippen LogP) is 7.64. The minimum Gasteiger partial charge on any atom is -0.348 e. The van der Waals surface area contributed by atoms with Crippen molar-refractivity contribution in [2.24, 2.45) is 11.8 Å². The summed E-state index contributed by atoms with van der Waals surface area (Å²) in [6.45, 7) is 9.65. The van der Waals surface area contributed by atoms with Gasteiger partial charge >= 0.3 is 0 Å². The molecule has 32 heavy (non-hydrogen) atoms. The summed E-state index contributed by atoms with van der Waals surface area (Å²) in [5.41, 5.74) is 5.48. The highest BCUT2D eigenvalue weighted by Crippen LogP contribution is 2.39. The minimum atomic E-state index is -0.210. The Hall–Kier alpha value is -2.88. The van der Waals surface area contributed by atoms with Gasteiger partial charge in [-0.15, -0.1) is 0 Å². The normalized spacial score (nSPS) is 16.6. The summed E-state index contributed by atoms with van der Waals surface area (Å²) in [7, 11) is 0. The zero-order chi connectivity index (χ0) is 22.5. The standard InChI is InChI=1S/C28H34FN3/c1-4-20(3)26(22-11-13-23(29)14-12-22)27(24-15-17-30-28-25(24)16-18-31-28)32(5-2)19-21-9-7-6-8-10-21/h5,11-18,20-21H,2,4,6-10,19H2,1,3H3,(H,30,31)/b27-26+. The van der Waals surface area contributed by atoms with Crippen LogP contribution in [0.15, 0.2) is 61.6 Å². The molecule has 1 aliphatic rings. The van der Waals surface area contributed by atoms with Gasteiger partial charge in [0.2, 0.25) is 0 Å². The molecule has 0 saturated heterocycles. The summed E-state index contributed by atoms with van der Waals surface area (Å²) >= 11 is 0. The largest absolute Gasteiger partial charge is 0.348 e. The lowest BCUT2D eigenvalue weighted by molar-refractivity contribution is 0.302. The third kappa shape index (κ3) is 4.64. The van der Waals surface area contributed by atoms with Gasteiger partial charge in [-0.05, 0) is 72.7 Å². The number of hydrogen-bond donors (Lipinski definition) is 1. The monoisotopic (exact) mass is 431 g/mol. The number of allylic oxidation sites excluding steroid dienone is 1. The first-order chi connectivity index (χ1) is 15.6. The number of aromatic amines is 1. The Morgan fingerprint density at radius 2 is 1.94 bits per heavy atom. The summed E-state index contributed by atoms with van der Waals surface area (Å²) in [4.78, 5) is 10.1. The summed E-state index contributed by atoms with van der Waals surface area (Å²) in [5, 5.41) is 1.10. The van der Waals surface area contributed by atoms with Gasteiger partial charge in [0.05, 0.1) is 5.70 Å². The summed E-state index contributed by atoms with van der Waals surface area (Å²) in [5.74, 6) is 0.747. The molecule has 0 bridgehead atoms. The number of rotatable bonds is 8. The maximum Gasteiger partial charge on any atom is 0.137 e. The van der Waals surface area contributed by atoms with Crippen LogP contribution in [0.4, 0.5) is 4.39 Å².